The Kier molecular flexibility index (Phi) is 6.06. The van der Waals surface area contributed by atoms with Crippen LogP contribution in [0.25, 0.3) is 10.9 Å². The van der Waals surface area contributed by atoms with E-state index in [1.54, 1.807) is 7.11 Å². The van der Waals surface area contributed by atoms with Crippen molar-refractivity contribution in [1.29, 1.82) is 0 Å². The van der Waals surface area contributed by atoms with E-state index < -0.39 is 0 Å². The van der Waals surface area contributed by atoms with Gasteiger partial charge in [-0.25, -0.2) is 0 Å². The summed E-state index contributed by atoms with van der Waals surface area (Å²) in [7, 11) is 1.71. The Labute approximate surface area is 189 Å². The largest absolute Gasteiger partial charge is 0.493 e. The molecule has 1 aliphatic carbocycles. The second-order valence-electron chi connectivity index (χ2n) is 9.23. The van der Waals surface area contributed by atoms with Crippen molar-refractivity contribution in [3.63, 3.8) is 0 Å². The highest BCUT2D eigenvalue weighted by atomic mass is 16.5. The molecule has 1 N–H and O–H groups in total. The molecule has 1 aliphatic heterocycles. The summed E-state index contributed by atoms with van der Waals surface area (Å²) in [6, 6.07) is 14.3. The molecule has 168 valence electrons. The van der Waals surface area contributed by atoms with Gasteiger partial charge in [-0.15, -0.1) is 0 Å². The monoisotopic (exact) mass is 432 g/mol. The fraction of sp³-hybridized carbons (Fsp3) is 0.444. The van der Waals surface area contributed by atoms with E-state index in [4.69, 9.17) is 9.47 Å². The number of likely N-dealkylation sites (tertiary alicyclic amines) is 1. The second-order valence-corrected chi connectivity index (χ2v) is 9.23. The third kappa shape index (κ3) is 4.47. The highest BCUT2D eigenvalue weighted by Crippen LogP contribution is 2.34. The number of methoxy groups -OCH3 is 1. The van der Waals surface area contributed by atoms with Crippen LogP contribution in [0.3, 0.4) is 0 Å². The van der Waals surface area contributed by atoms with E-state index >= 15 is 0 Å². The van der Waals surface area contributed by atoms with E-state index in [1.807, 2.05) is 41.4 Å². The van der Waals surface area contributed by atoms with Crippen molar-refractivity contribution in [2.24, 2.45) is 5.92 Å². The molecule has 0 radical (unpaired) electrons. The van der Waals surface area contributed by atoms with Crippen LogP contribution in [0.4, 0.5) is 0 Å². The van der Waals surface area contributed by atoms with Crippen LogP contribution in [0.2, 0.25) is 0 Å². The predicted molar refractivity (Wildman–Crippen MR) is 127 cm³/mol. The molecule has 2 fully saturated rings. The van der Waals surface area contributed by atoms with E-state index in [1.165, 1.54) is 18.4 Å². The minimum absolute atomic E-state index is 0.142. The molecule has 0 atom stereocenters. The first kappa shape index (κ1) is 20.9. The number of carbonyl (C=O) groups is 1. The van der Waals surface area contributed by atoms with E-state index in [2.05, 4.69) is 17.1 Å². The molecule has 5 heteroatoms. The number of carbonyl (C=O) groups excluding carboxylic acids is 1. The third-order valence-electron chi connectivity index (χ3n) is 7.05. The molecule has 3 aromatic rings. The number of piperidine rings is 1. The number of fused-ring (bicyclic) bond motifs is 1. The van der Waals surface area contributed by atoms with Crippen LogP contribution >= 0.6 is 0 Å². The topological polar surface area (TPSA) is 54.6 Å². The SMILES string of the molecule is COc1ccc(CC2CCN(C(=O)c3ccc4[nH]ccc4c3)CC2)cc1OC1CCCC1. The van der Waals surface area contributed by atoms with E-state index in [-0.39, 0.29) is 5.91 Å². The lowest BCUT2D eigenvalue weighted by Crippen LogP contribution is -2.38. The highest BCUT2D eigenvalue weighted by molar-refractivity contribution is 5.98. The van der Waals surface area contributed by atoms with Gasteiger partial charge < -0.3 is 19.4 Å². The summed E-state index contributed by atoms with van der Waals surface area (Å²) in [5.74, 6) is 2.42. The number of aromatic amines is 1. The Morgan fingerprint density at radius 3 is 2.59 bits per heavy atom. The van der Waals surface area contributed by atoms with Gasteiger partial charge in [0.25, 0.3) is 5.91 Å². The third-order valence-corrected chi connectivity index (χ3v) is 7.05. The summed E-state index contributed by atoms with van der Waals surface area (Å²) < 4.78 is 11.8. The quantitative estimate of drug-likeness (QED) is 0.552. The molecule has 0 spiro atoms. The summed E-state index contributed by atoms with van der Waals surface area (Å²) in [5, 5.41) is 1.08. The number of hydrogen-bond donors (Lipinski definition) is 1. The van der Waals surface area contributed by atoms with Crippen molar-refractivity contribution in [3.8, 4) is 11.5 Å². The van der Waals surface area contributed by atoms with Gasteiger partial charge in [-0.05, 0) is 92.8 Å². The molecule has 0 unspecified atom stereocenters. The lowest BCUT2D eigenvalue weighted by atomic mass is 9.89. The van der Waals surface area contributed by atoms with Crippen molar-refractivity contribution < 1.29 is 14.3 Å². The van der Waals surface area contributed by atoms with E-state index in [0.29, 0.717) is 12.0 Å². The first-order valence-electron chi connectivity index (χ1n) is 11.9. The molecule has 5 nitrogen and oxygen atoms in total. The fourth-order valence-electron chi connectivity index (χ4n) is 5.17. The standard InChI is InChI=1S/C27H32N2O3/c1-31-25-9-6-20(17-26(25)32-23-4-2-3-5-23)16-19-11-14-29(15-12-19)27(30)22-7-8-24-21(18-22)10-13-28-24/h6-10,13,17-19,23,28H,2-5,11-12,14-16H2,1H3. The number of amides is 1. The first-order valence-corrected chi connectivity index (χ1v) is 11.9. The lowest BCUT2D eigenvalue weighted by Gasteiger charge is -2.32. The number of nitrogens with zero attached hydrogens (tertiary/aromatic N) is 1. The van der Waals surface area contributed by atoms with Gasteiger partial charge in [0.2, 0.25) is 0 Å². The zero-order chi connectivity index (χ0) is 21.9. The smallest absolute Gasteiger partial charge is 0.253 e. The zero-order valence-electron chi connectivity index (χ0n) is 18.8. The molecule has 1 amide bonds. The van der Waals surface area contributed by atoms with Crippen molar-refractivity contribution in [2.75, 3.05) is 20.2 Å². The van der Waals surface area contributed by atoms with Gasteiger partial charge in [0.15, 0.2) is 11.5 Å². The molecule has 2 aromatic carbocycles. The van der Waals surface area contributed by atoms with Gasteiger partial charge in [0.05, 0.1) is 13.2 Å². The van der Waals surface area contributed by atoms with E-state index in [9.17, 15) is 4.79 Å². The number of benzene rings is 2. The van der Waals surface area contributed by atoms with Crippen LogP contribution in [-0.4, -0.2) is 42.1 Å². The van der Waals surface area contributed by atoms with Gasteiger partial charge >= 0.3 is 0 Å². The average molecular weight is 433 g/mol. The van der Waals surface area contributed by atoms with Crippen molar-refractivity contribution in [3.05, 3.63) is 59.8 Å². The maximum atomic E-state index is 13.0. The van der Waals surface area contributed by atoms with Crippen LogP contribution in [0.15, 0.2) is 48.7 Å². The summed E-state index contributed by atoms with van der Waals surface area (Å²) >= 11 is 0. The maximum absolute atomic E-state index is 13.0. The normalized spacial score (nSPS) is 17.7. The number of rotatable bonds is 6. The van der Waals surface area contributed by atoms with Gasteiger partial charge in [-0.1, -0.05) is 6.07 Å². The number of nitrogens with one attached hydrogen (secondary N) is 1. The van der Waals surface area contributed by atoms with Gasteiger partial charge in [0.1, 0.15) is 0 Å². The predicted octanol–water partition coefficient (Wildman–Crippen LogP) is 5.59. The van der Waals surface area contributed by atoms with Crippen molar-refractivity contribution in [2.45, 2.75) is 51.0 Å². The summed E-state index contributed by atoms with van der Waals surface area (Å²) in [6.07, 6.45) is 10.1. The number of aromatic nitrogens is 1. The lowest BCUT2D eigenvalue weighted by molar-refractivity contribution is 0.0690. The highest BCUT2D eigenvalue weighted by Gasteiger charge is 2.25. The van der Waals surface area contributed by atoms with Crippen molar-refractivity contribution >= 4 is 16.8 Å². The number of hydrogen-bond acceptors (Lipinski definition) is 3. The van der Waals surface area contributed by atoms with Gasteiger partial charge in [0, 0.05) is 35.8 Å². The summed E-state index contributed by atoms with van der Waals surface area (Å²) in [4.78, 5) is 18.2. The van der Waals surface area contributed by atoms with Gasteiger partial charge in [-0.3, -0.25) is 4.79 Å². The van der Waals surface area contributed by atoms with Gasteiger partial charge in [-0.2, -0.15) is 0 Å². The molecule has 1 saturated heterocycles. The molecule has 0 bridgehead atoms. The fourth-order valence-corrected chi connectivity index (χ4v) is 5.17. The van der Waals surface area contributed by atoms with E-state index in [0.717, 1.165) is 73.2 Å². The maximum Gasteiger partial charge on any atom is 0.253 e. The Morgan fingerprint density at radius 1 is 1.00 bits per heavy atom. The minimum Gasteiger partial charge on any atom is -0.493 e. The molecule has 2 heterocycles. The Morgan fingerprint density at radius 2 is 1.81 bits per heavy atom. The molecule has 1 saturated carbocycles. The van der Waals surface area contributed by atoms with Crippen LogP contribution in [0.1, 0.15) is 54.4 Å². The molecular weight excluding hydrogens is 400 g/mol. The zero-order valence-corrected chi connectivity index (χ0v) is 18.8. The number of ether oxygens (including phenoxy) is 2. The molecule has 2 aliphatic rings. The van der Waals surface area contributed by atoms with Crippen LogP contribution < -0.4 is 9.47 Å². The Hall–Kier alpha value is -2.95. The molecule has 5 rings (SSSR count). The average Bonchev–Trinajstić information content (AvgIpc) is 3.51. The first-order chi connectivity index (χ1) is 15.7. The summed E-state index contributed by atoms with van der Waals surface area (Å²) in [5.41, 5.74) is 3.14. The minimum atomic E-state index is 0.142. The molecule has 1 aromatic heterocycles. The Bertz CT molecular complexity index is 1080. The second kappa shape index (κ2) is 9.27. The molecular formula is C27H32N2O3. The van der Waals surface area contributed by atoms with Crippen LogP contribution in [0, 0.1) is 5.92 Å². The number of H-pyrrole nitrogens is 1. The summed E-state index contributed by atoms with van der Waals surface area (Å²) in [6.45, 7) is 1.63. The van der Waals surface area contributed by atoms with Crippen LogP contribution in [0.5, 0.6) is 11.5 Å². The Balaban J connectivity index is 1.19. The molecule has 32 heavy (non-hydrogen) atoms. The van der Waals surface area contributed by atoms with Crippen LogP contribution in [-0.2, 0) is 6.42 Å². The van der Waals surface area contributed by atoms with Crippen molar-refractivity contribution in [1.82, 2.24) is 9.88 Å².